The molecule has 5 heteroatoms. The number of hydrogen-bond donors (Lipinski definition) is 0. The topological polar surface area (TPSA) is 58.0 Å². The standard InChI is InChI=1S/C7H10N2O2.Na/c1-6-8-3-5-9(6)4-2-7(10)11;/h3,5H,2,4H2,1H3,(H,10,11);/q;+1/p-1. The molecule has 1 heterocycles. The molecule has 0 atom stereocenters. The normalized spacial score (nSPS) is 9.08. The van der Waals surface area contributed by atoms with E-state index in [4.69, 9.17) is 0 Å². The molecular formula is C7H9N2NaO2. The van der Waals surface area contributed by atoms with Gasteiger partial charge in [0.2, 0.25) is 0 Å². The van der Waals surface area contributed by atoms with Crippen molar-refractivity contribution >= 4 is 5.97 Å². The Morgan fingerprint density at radius 3 is 2.83 bits per heavy atom. The number of carbonyl (C=O) groups excluding carboxylic acids is 1. The molecule has 1 aromatic heterocycles. The first-order valence-corrected chi connectivity index (χ1v) is 3.37. The number of carbonyl (C=O) groups is 1. The summed E-state index contributed by atoms with van der Waals surface area (Å²) in [5.74, 6) is -0.204. The van der Waals surface area contributed by atoms with Crippen molar-refractivity contribution in [3.05, 3.63) is 18.2 Å². The molecule has 1 aromatic rings. The predicted molar refractivity (Wildman–Crippen MR) is 36.6 cm³/mol. The Labute approximate surface area is 92.9 Å². The van der Waals surface area contributed by atoms with Crippen LogP contribution in [0.5, 0.6) is 0 Å². The fourth-order valence-corrected chi connectivity index (χ4v) is 0.852. The fraction of sp³-hybridized carbons (Fsp3) is 0.429. The van der Waals surface area contributed by atoms with Gasteiger partial charge in [0.25, 0.3) is 0 Å². The fourth-order valence-electron chi connectivity index (χ4n) is 0.852. The van der Waals surface area contributed by atoms with Crippen LogP contribution in [0.2, 0.25) is 0 Å². The summed E-state index contributed by atoms with van der Waals surface area (Å²) in [4.78, 5) is 14.0. The minimum Gasteiger partial charge on any atom is -0.550 e. The summed E-state index contributed by atoms with van der Waals surface area (Å²) < 4.78 is 1.77. The van der Waals surface area contributed by atoms with Gasteiger partial charge in [-0.2, -0.15) is 0 Å². The number of nitrogens with zero attached hydrogens (tertiary/aromatic N) is 2. The second-order valence-electron chi connectivity index (χ2n) is 2.29. The van der Waals surface area contributed by atoms with Crippen LogP contribution < -0.4 is 34.7 Å². The quantitative estimate of drug-likeness (QED) is 0.446. The number of aryl methyl sites for hydroxylation is 2. The number of carboxylic acids is 1. The van der Waals surface area contributed by atoms with E-state index in [2.05, 4.69) is 4.98 Å². The molecular weight excluding hydrogens is 167 g/mol. The van der Waals surface area contributed by atoms with Crippen LogP contribution in [0.1, 0.15) is 12.2 Å². The molecule has 0 aliphatic carbocycles. The van der Waals surface area contributed by atoms with E-state index in [-0.39, 0.29) is 36.0 Å². The van der Waals surface area contributed by atoms with Crippen molar-refractivity contribution in [2.45, 2.75) is 19.9 Å². The molecule has 0 aliphatic heterocycles. The molecule has 0 aliphatic rings. The van der Waals surface area contributed by atoms with Crippen LogP contribution in [0, 0.1) is 6.92 Å². The van der Waals surface area contributed by atoms with Crippen molar-refractivity contribution in [1.29, 1.82) is 0 Å². The first-order valence-electron chi connectivity index (χ1n) is 3.37. The number of aromatic nitrogens is 2. The van der Waals surface area contributed by atoms with Gasteiger partial charge < -0.3 is 14.5 Å². The summed E-state index contributed by atoms with van der Waals surface area (Å²) in [5, 5.41) is 10.1. The van der Waals surface area contributed by atoms with Crippen LogP contribution in [0.15, 0.2) is 12.4 Å². The van der Waals surface area contributed by atoms with Gasteiger partial charge in [-0.15, -0.1) is 0 Å². The molecule has 60 valence electrons. The predicted octanol–water partition coefficient (Wildman–Crippen LogP) is -3.66. The Morgan fingerprint density at radius 2 is 2.42 bits per heavy atom. The van der Waals surface area contributed by atoms with Crippen LogP contribution in [0.3, 0.4) is 0 Å². The van der Waals surface area contributed by atoms with Crippen LogP contribution in [0.25, 0.3) is 0 Å². The van der Waals surface area contributed by atoms with E-state index in [1.807, 2.05) is 6.92 Å². The van der Waals surface area contributed by atoms with Gasteiger partial charge in [-0.3, -0.25) is 0 Å². The van der Waals surface area contributed by atoms with E-state index in [1.54, 1.807) is 17.0 Å². The van der Waals surface area contributed by atoms with Crippen molar-refractivity contribution < 1.29 is 39.5 Å². The van der Waals surface area contributed by atoms with Crippen LogP contribution in [0.4, 0.5) is 0 Å². The first-order chi connectivity index (χ1) is 5.20. The zero-order valence-electron chi connectivity index (χ0n) is 7.28. The third kappa shape index (κ3) is 3.38. The van der Waals surface area contributed by atoms with Crippen molar-refractivity contribution in [3.63, 3.8) is 0 Å². The van der Waals surface area contributed by atoms with Gasteiger partial charge in [0.1, 0.15) is 5.82 Å². The molecule has 0 radical (unpaired) electrons. The molecule has 12 heavy (non-hydrogen) atoms. The molecule has 0 unspecified atom stereocenters. The minimum atomic E-state index is -1.03. The van der Waals surface area contributed by atoms with Crippen LogP contribution >= 0.6 is 0 Å². The zero-order valence-corrected chi connectivity index (χ0v) is 9.28. The monoisotopic (exact) mass is 176 g/mol. The van der Waals surface area contributed by atoms with E-state index < -0.39 is 5.97 Å². The second-order valence-corrected chi connectivity index (χ2v) is 2.29. The third-order valence-corrected chi connectivity index (χ3v) is 1.48. The van der Waals surface area contributed by atoms with Crippen LogP contribution in [-0.2, 0) is 11.3 Å². The minimum absolute atomic E-state index is 0. The maximum atomic E-state index is 10.1. The van der Waals surface area contributed by atoms with Gasteiger partial charge in [0, 0.05) is 31.3 Å². The molecule has 0 bridgehead atoms. The average molecular weight is 176 g/mol. The smallest absolute Gasteiger partial charge is 0.550 e. The van der Waals surface area contributed by atoms with Gasteiger partial charge >= 0.3 is 29.6 Å². The summed E-state index contributed by atoms with van der Waals surface area (Å²) >= 11 is 0. The molecule has 0 amide bonds. The Bertz CT molecular complexity index is 260. The SMILES string of the molecule is Cc1nccn1CCC(=O)[O-].[Na+]. The van der Waals surface area contributed by atoms with Crippen molar-refractivity contribution in [2.75, 3.05) is 0 Å². The molecule has 0 spiro atoms. The number of imidazole rings is 1. The van der Waals surface area contributed by atoms with Gasteiger partial charge in [-0.1, -0.05) is 0 Å². The first kappa shape index (κ1) is 11.7. The maximum absolute atomic E-state index is 10.1. The van der Waals surface area contributed by atoms with Crippen molar-refractivity contribution in [1.82, 2.24) is 9.55 Å². The average Bonchev–Trinajstić information content (AvgIpc) is 2.31. The van der Waals surface area contributed by atoms with E-state index in [0.29, 0.717) is 6.54 Å². The molecule has 0 aromatic carbocycles. The number of aliphatic carboxylic acids is 1. The molecule has 4 nitrogen and oxygen atoms in total. The molecule has 0 saturated heterocycles. The van der Waals surface area contributed by atoms with E-state index in [1.165, 1.54) is 0 Å². The summed E-state index contributed by atoms with van der Waals surface area (Å²) in [7, 11) is 0. The largest absolute Gasteiger partial charge is 1.00 e. The van der Waals surface area contributed by atoms with Gasteiger partial charge in [0.15, 0.2) is 0 Å². The molecule has 0 fully saturated rings. The Hall–Kier alpha value is -0.320. The van der Waals surface area contributed by atoms with E-state index in [9.17, 15) is 9.90 Å². The van der Waals surface area contributed by atoms with Gasteiger partial charge in [-0.25, -0.2) is 4.98 Å². The van der Waals surface area contributed by atoms with Crippen molar-refractivity contribution in [3.8, 4) is 0 Å². The summed E-state index contributed by atoms with van der Waals surface area (Å²) in [6, 6.07) is 0. The van der Waals surface area contributed by atoms with Crippen molar-refractivity contribution in [2.24, 2.45) is 0 Å². The molecule has 0 N–H and O–H groups in total. The molecule has 1 rings (SSSR count). The Morgan fingerprint density at radius 1 is 1.75 bits per heavy atom. The number of rotatable bonds is 3. The van der Waals surface area contributed by atoms with Gasteiger partial charge in [-0.05, 0) is 6.92 Å². The zero-order chi connectivity index (χ0) is 8.27. The van der Waals surface area contributed by atoms with Crippen LogP contribution in [-0.4, -0.2) is 15.5 Å². The van der Waals surface area contributed by atoms with Gasteiger partial charge in [0.05, 0.1) is 0 Å². The maximum Gasteiger partial charge on any atom is 1.00 e. The second kappa shape index (κ2) is 5.35. The summed E-state index contributed by atoms with van der Waals surface area (Å²) in [6.07, 6.45) is 3.43. The molecule has 0 saturated carbocycles. The number of hydrogen-bond acceptors (Lipinski definition) is 3. The summed E-state index contributed by atoms with van der Waals surface area (Å²) in [6.45, 7) is 2.27. The summed E-state index contributed by atoms with van der Waals surface area (Å²) in [5.41, 5.74) is 0. The number of carboxylic acid groups (broad SMARTS) is 1. The Balaban J connectivity index is 0.00000121. The Kier molecular flexibility index (Phi) is 5.20. The van der Waals surface area contributed by atoms with E-state index in [0.717, 1.165) is 5.82 Å². The third-order valence-electron chi connectivity index (χ3n) is 1.48. The van der Waals surface area contributed by atoms with E-state index >= 15 is 0 Å².